The van der Waals surface area contributed by atoms with Crippen molar-refractivity contribution in [3.63, 3.8) is 0 Å². The summed E-state index contributed by atoms with van der Waals surface area (Å²) in [7, 11) is 1.85. The standard InChI is InChI=1S/C17H27N3OS/c1-5-21-15-9-7-6-8-14(15)12-19-16(18-4)20-10-11-22-17(2,3)13-20/h6-9H,5,10-13H2,1-4H3,(H,18,19). The number of guanidine groups is 1. The molecule has 0 aromatic heterocycles. The number of aliphatic imine (C=N–C) groups is 1. The van der Waals surface area contributed by atoms with Gasteiger partial charge in [0.2, 0.25) is 0 Å². The molecule has 0 amide bonds. The average molecular weight is 321 g/mol. The fourth-order valence-electron chi connectivity index (χ4n) is 2.65. The average Bonchev–Trinajstić information content (AvgIpc) is 2.49. The molecule has 0 spiro atoms. The molecule has 122 valence electrons. The minimum Gasteiger partial charge on any atom is -0.494 e. The normalized spacial score (nSPS) is 18.2. The molecule has 1 fully saturated rings. The van der Waals surface area contributed by atoms with Crippen LogP contribution < -0.4 is 10.1 Å². The summed E-state index contributed by atoms with van der Waals surface area (Å²) in [6, 6.07) is 8.17. The van der Waals surface area contributed by atoms with Crippen molar-refractivity contribution in [1.82, 2.24) is 10.2 Å². The number of rotatable bonds is 4. The van der Waals surface area contributed by atoms with Crippen LogP contribution in [0.5, 0.6) is 5.75 Å². The van der Waals surface area contributed by atoms with E-state index in [4.69, 9.17) is 4.74 Å². The van der Waals surface area contributed by atoms with Gasteiger partial charge in [0.1, 0.15) is 5.75 Å². The number of benzene rings is 1. The maximum absolute atomic E-state index is 5.68. The van der Waals surface area contributed by atoms with Gasteiger partial charge < -0.3 is 15.0 Å². The van der Waals surface area contributed by atoms with Gasteiger partial charge in [0, 0.05) is 42.7 Å². The van der Waals surface area contributed by atoms with Crippen molar-refractivity contribution in [3.8, 4) is 5.75 Å². The van der Waals surface area contributed by atoms with Gasteiger partial charge in [0.05, 0.1) is 6.61 Å². The van der Waals surface area contributed by atoms with Crippen molar-refractivity contribution < 1.29 is 4.74 Å². The van der Waals surface area contributed by atoms with Gasteiger partial charge in [-0.25, -0.2) is 0 Å². The third kappa shape index (κ3) is 4.57. The summed E-state index contributed by atoms with van der Waals surface area (Å²) in [4.78, 5) is 6.80. The predicted octanol–water partition coefficient (Wildman–Crippen LogP) is 2.99. The van der Waals surface area contributed by atoms with Gasteiger partial charge in [0.25, 0.3) is 0 Å². The Balaban J connectivity index is 2.00. The van der Waals surface area contributed by atoms with E-state index in [9.17, 15) is 0 Å². The van der Waals surface area contributed by atoms with Crippen molar-refractivity contribution in [2.45, 2.75) is 32.1 Å². The first kappa shape index (κ1) is 17.0. The molecular weight excluding hydrogens is 294 g/mol. The largest absolute Gasteiger partial charge is 0.494 e. The monoisotopic (exact) mass is 321 g/mol. The zero-order chi connectivity index (χ0) is 16.0. The molecule has 0 bridgehead atoms. The van der Waals surface area contributed by atoms with Crippen LogP contribution in [0.15, 0.2) is 29.3 Å². The van der Waals surface area contributed by atoms with Crippen LogP contribution in [0.3, 0.4) is 0 Å². The van der Waals surface area contributed by atoms with E-state index < -0.39 is 0 Å². The molecule has 4 nitrogen and oxygen atoms in total. The molecule has 1 N–H and O–H groups in total. The van der Waals surface area contributed by atoms with Crippen LogP contribution in [-0.2, 0) is 6.54 Å². The summed E-state index contributed by atoms with van der Waals surface area (Å²) < 4.78 is 5.96. The van der Waals surface area contributed by atoms with E-state index in [1.165, 1.54) is 0 Å². The first-order valence-corrected chi connectivity index (χ1v) is 8.84. The Bertz CT molecular complexity index is 516. The SMILES string of the molecule is CCOc1ccccc1CNC(=NC)N1CCSC(C)(C)C1. The molecule has 0 unspecified atom stereocenters. The van der Waals surface area contributed by atoms with Gasteiger partial charge in [-0.2, -0.15) is 11.8 Å². The molecule has 2 rings (SSSR count). The second kappa shape index (κ2) is 7.77. The van der Waals surface area contributed by atoms with Crippen LogP contribution in [0, 0.1) is 0 Å². The molecule has 0 aliphatic carbocycles. The van der Waals surface area contributed by atoms with Gasteiger partial charge in [-0.3, -0.25) is 4.99 Å². The summed E-state index contributed by atoms with van der Waals surface area (Å²) >= 11 is 2.03. The zero-order valence-corrected chi connectivity index (χ0v) is 14.9. The van der Waals surface area contributed by atoms with Crippen molar-refractivity contribution in [3.05, 3.63) is 29.8 Å². The highest BCUT2D eigenvalue weighted by Gasteiger charge is 2.28. The van der Waals surface area contributed by atoms with E-state index in [0.29, 0.717) is 6.61 Å². The molecule has 0 radical (unpaired) electrons. The molecule has 1 aliphatic heterocycles. The fourth-order valence-corrected chi connectivity index (χ4v) is 3.76. The molecule has 1 heterocycles. The van der Waals surface area contributed by atoms with E-state index in [-0.39, 0.29) is 4.75 Å². The lowest BCUT2D eigenvalue weighted by Gasteiger charge is -2.39. The second-order valence-electron chi connectivity index (χ2n) is 5.97. The quantitative estimate of drug-likeness (QED) is 0.683. The number of thioether (sulfide) groups is 1. The van der Waals surface area contributed by atoms with Crippen LogP contribution in [-0.4, -0.2) is 48.1 Å². The second-order valence-corrected chi connectivity index (χ2v) is 7.77. The summed E-state index contributed by atoms with van der Waals surface area (Å²) in [5.41, 5.74) is 1.16. The lowest BCUT2D eigenvalue weighted by molar-refractivity contribution is 0.335. The van der Waals surface area contributed by atoms with Crippen LogP contribution in [0.2, 0.25) is 0 Å². The summed E-state index contributed by atoms with van der Waals surface area (Å²) in [6.45, 7) is 10.1. The Labute approximate surface area is 138 Å². The third-order valence-electron chi connectivity index (χ3n) is 3.65. The van der Waals surface area contributed by atoms with Crippen LogP contribution >= 0.6 is 11.8 Å². The maximum atomic E-state index is 5.68. The molecular formula is C17H27N3OS. The Hall–Kier alpha value is -1.36. The number of para-hydroxylation sites is 1. The lowest BCUT2D eigenvalue weighted by atomic mass is 10.2. The molecule has 1 saturated heterocycles. The highest BCUT2D eigenvalue weighted by atomic mass is 32.2. The van der Waals surface area contributed by atoms with E-state index in [2.05, 4.69) is 35.1 Å². The number of ether oxygens (including phenoxy) is 1. The molecule has 1 aromatic carbocycles. The van der Waals surface area contributed by atoms with Crippen LogP contribution in [0.1, 0.15) is 26.3 Å². The maximum Gasteiger partial charge on any atom is 0.193 e. The predicted molar refractivity (Wildman–Crippen MR) is 95.9 cm³/mol. The van der Waals surface area contributed by atoms with Crippen LogP contribution in [0.25, 0.3) is 0 Å². The highest BCUT2D eigenvalue weighted by molar-refractivity contribution is 8.00. The number of nitrogens with one attached hydrogen (secondary N) is 1. The zero-order valence-electron chi connectivity index (χ0n) is 14.1. The molecule has 1 aliphatic rings. The minimum atomic E-state index is 0.277. The Morgan fingerprint density at radius 2 is 2.18 bits per heavy atom. The Morgan fingerprint density at radius 3 is 2.86 bits per heavy atom. The van der Waals surface area contributed by atoms with Gasteiger partial charge >= 0.3 is 0 Å². The molecule has 0 atom stereocenters. The Morgan fingerprint density at radius 1 is 1.41 bits per heavy atom. The topological polar surface area (TPSA) is 36.9 Å². The molecule has 1 aromatic rings. The minimum absolute atomic E-state index is 0.277. The first-order valence-electron chi connectivity index (χ1n) is 7.86. The first-order chi connectivity index (χ1) is 10.6. The highest BCUT2D eigenvalue weighted by Crippen LogP contribution is 2.29. The van der Waals surface area contributed by atoms with E-state index in [1.807, 2.05) is 43.9 Å². The van der Waals surface area contributed by atoms with Gasteiger partial charge in [-0.05, 0) is 26.8 Å². The lowest BCUT2D eigenvalue weighted by Crippen LogP contribution is -2.50. The summed E-state index contributed by atoms with van der Waals surface area (Å²) in [5, 5.41) is 3.48. The third-order valence-corrected chi connectivity index (χ3v) is 4.94. The van der Waals surface area contributed by atoms with E-state index in [1.54, 1.807) is 0 Å². The Kier molecular flexibility index (Phi) is 6.00. The van der Waals surface area contributed by atoms with Crippen molar-refractivity contribution in [2.75, 3.05) is 32.5 Å². The molecule has 22 heavy (non-hydrogen) atoms. The van der Waals surface area contributed by atoms with Crippen LogP contribution in [0.4, 0.5) is 0 Å². The number of hydrogen-bond acceptors (Lipinski definition) is 3. The summed E-state index contributed by atoms with van der Waals surface area (Å²) in [5.74, 6) is 3.06. The van der Waals surface area contributed by atoms with E-state index >= 15 is 0 Å². The fraction of sp³-hybridized carbons (Fsp3) is 0.588. The number of hydrogen-bond donors (Lipinski definition) is 1. The van der Waals surface area contributed by atoms with Gasteiger partial charge in [0.15, 0.2) is 5.96 Å². The van der Waals surface area contributed by atoms with E-state index in [0.717, 1.165) is 42.7 Å². The van der Waals surface area contributed by atoms with Crippen molar-refractivity contribution in [2.24, 2.45) is 4.99 Å². The van der Waals surface area contributed by atoms with Gasteiger partial charge in [-0.1, -0.05) is 18.2 Å². The smallest absolute Gasteiger partial charge is 0.193 e. The summed E-state index contributed by atoms with van der Waals surface area (Å²) in [6.07, 6.45) is 0. The van der Waals surface area contributed by atoms with Gasteiger partial charge in [-0.15, -0.1) is 0 Å². The van der Waals surface area contributed by atoms with Crippen molar-refractivity contribution in [1.29, 1.82) is 0 Å². The number of nitrogens with zero attached hydrogens (tertiary/aromatic N) is 2. The van der Waals surface area contributed by atoms with Crippen molar-refractivity contribution >= 4 is 17.7 Å². The molecule has 0 saturated carbocycles. The molecule has 5 heteroatoms.